The molecule has 3 heterocycles. The van der Waals surface area contributed by atoms with Crippen LogP contribution in [-0.4, -0.2) is 49.5 Å². The maximum atomic E-state index is 15.6. The van der Waals surface area contributed by atoms with E-state index in [2.05, 4.69) is 19.6 Å². The predicted molar refractivity (Wildman–Crippen MR) is 150 cm³/mol. The Balaban J connectivity index is 1.11. The number of hydrogen-bond donors (Lipinski definition) is 1. The van der Waals surface area contributed by atoms with Gasteiger partial charge in [-0.25, -0.2) is 9.07 Å². The zero-order valence-electron chi connectivity index (χ0n) is 25.8. The predicted octanol–water partition coefficient (Wildman–Crippen LogP) is 7.35. The molecule has 3 fully saturated rings. The molecule has 2 aromatic rings. The fourth-order valence-electron chi connectivity index (χ4n) is 8.01. The summed E-state index contributed by atoms with van der Waals surface area (Å²) >= 11 is 0. The number of pyridine rings is 1. The molecule has 15 heteroatoms. The van der Waals surface area contributed by atoms with E-state index in [1.54, 1.807) is 13.8 Å². The Morgan fingerprint density at radius 1 is 1.17 bits per heavy atom. The lowest BCUT2D eigenvalue weighted by Gasteiger charge is -2.67. The summed E-state index contributed by atoms with van der Waals surface area (Å²) in [5.74, 6) is -1.58. The Morgan fingerprint density at radius 3 is 2.57 bits per heavy atom. The second-order valence-electron chi connectivity index (χ2n) is 13.8. The topological polar surface area (TPSA) is 105 Å². The van der Waals surface area contributed by atoms with Crippen LogP contribution in [0.15, 0.2) is 41.6 Å². The van der Waals surface area contributed by atoms with E-state index in [-0.39, 0.29) is 52.6 Å². The fourth-order valence-corrected chi connectivity index (χ4v) is 8.01. The van der Waals surface area contributed by atoms with E-state index in [9.17, 15) is 31.9 Å². The number of aromatic nitrogens is 3. The highest BCUT2D eigenvalue weighted by atomic mass is 19.4. The standard InChI is InChI=1S/C32H33F6N3O6/c1-16(21-9-23-24(10-28(21,3)33)47-32(37,38)46-23)7-17(2)44-19-8-18(11-39-12-19)41-25-20(26(40-41)31(34,35)36)5-4-6-22(25)45-30-13-29(14-30,15-30)27(42)43/h8-9,11-12,16-17,22H,4-7,10,13-15H2,1-3H3,(H,42,43)/t16-,17?,22+,28?,29?,30?/m1/s1. The number of carboxylic acids is 1. The van der Waals surface area contributed by atoms with Crippen LogP contribution in [-0.2, 0) is 31.6 Å². The van der Waals surface area contributed by atoms with E-state index < -0.39 is 65.4 Å². The third-order valence-corrected chi connectivity index (χ3v) is 9.94. The Hall–Kier alpha value is -3.75. The van der Waals surface area contributed by atoms with Crippen molar-refractivity contribution in [2.75, 3.05) is 0 Å². The van der Waals surface area contributed by atoms with Crippen LogP contribution in [0.2, 0.25) is 0 Å². The van der Waals surface area contributed by atoms with Crippen molar-refractivity contribution in [1.29, 1.82) is 0 Å². The van der Waals surface area contributed by atoms with Crippen molar-refractivity contribution in [2.45, 2.75) is 108 Å². The number of rotatable bonds is 9. The summed E-state index contributed by atoms with van der Waals surface area (Å²) in [5, 5.41) is 13.5. The molecular weight excluding hydrogens is 636 g/mol. The van der Waals surface area contributed by atoms with Gasteiger partial charge in [0, 0.05) is 18.1 Å². The highest BCUT2D eigenvalue weighted by Crippen LogP contribution is 2.70. The van der Waals surface area contributed by atoms with Gasteiger partial charge in [-0.2, -0.15) is 18.3 Å². The maximum absolute atomic E-state index is 15.6. The number of fused-ring (bicyclic) bond motifs is 1. The highest BCUT2D eigenvalue weighted by molar-refractivity contribution is 5.79. The van der Waals surface area contributed by atoms with Crippen LogP contribution in [0.1, 0.15) is 88.8 Å². The highest BCUT2D eigenvalue weighted by Gasteiger charge is 2.73. The van der Waals surface area contributed by atoms with Gasteiger partial charge < -0.3 is 24.1 Å². The van der Waals surface area contributed by atoms with Crippen LogP contribution < -0.4 is 4.74 Å². The molecule has 9 nitrogen and oxygen atoms in total. The van der Waals surface area contributed by atoms with Gasteiger partial charge in [0.2, 0.25) is 0 Å². The summed E-state index contributed by atoms with van der Waals surface area (Å²) in [7, 11) is 0. The quantitative estimate of drug-likeness (QED) is 0.277. The van der Waals surface area contributed by atoms with E-state index in [1.165, 1.54) is 36.1 Å². The Morgan fingerprint density at radius 2 is 1.89 bits per heavy atom. The average Bonchev–Trinajstić information content (AvgIpc) is 3.45. The normalized spacial score (nSPS) is 31.7. The summed E-state index contributed by atoms with van der Waals surface area (Å²) in [6, 6.07) is 1.51. The minimum Gasteiger partial charge on any atom is -0.489 e. The smallest absolute Gasteiger partial charge is 0.489 e. The fraction of sp³-hybridized carbons (Fsp3) is 0.594. The first-order chi connectivity index (χ1) is 21.9. The van der Waals surface area contributed by atoms with Crippen LogP contribution in [0.3, 0.4) is 0 Å². The molecule has 4 atom stereocenters. The van der Waals surface area contributed by atoms with Gasteiger partial charge in [0.15, 0.2) is 17.2 Å². The first kappa shape index (κ1) is 31.8. The first-order valence-electron chi connectivity index (χ1n) is 15.5. The van der Waals surface area contributed by atoms with Crippen molar-refractivity contribution in [3.8, 4) is 11.4 Å². The lowest BCUT2D eigenvalue weighted by Crippen LogP contribution is -2.71. The lowest BCUT2D eigenvalue weighted by molar-refractivity contribution is -0.336. The molecule has 0 saturated heterocycles. The SMILES string of the molecule is CC(C[C@@H](C)C1=CC2=C(CC1(C)F)OC(F)(F)O2)Oc1cncc(-n2nc(C(F)(F)F)c3c2[C@@H](OC24CC(C(=O)O)(C2)C4)CCC3)c1. The molecule has 3 saturated carbocycles. The van der Waals surface area contributed by atoms with Gasteiger partial charge in [-0.05, 0) is 76.4 Å². The molecular formula is C32H33F6N3O6. The monoisotopic (exact) mass is 669 g/mol. The summed E-state index contributed by atoms with van der Waals surface area (Å²) < 4.78 is 108. The molecule has 1 N–H and O–H groups in total. The van der Waals surface area contributed by atoms with Crippen molar-refractivity contribution in [2.24, 2.45) is 11.3 Å². The van der Waals surface area contributed by atoms with Gasteiger partial charge in [-0.1, -0.05) is 6.92 Å². The molecule has 1 aliphatic heterocycles. The molecule has 2 unspecified atom stereocenters. The third-order valence-electron chi connectivity index (χ3n) is 9.94. The van der Waals surface area contributed by atoms with Crippen molar-refractivity contribution in [3.63, 3.8) is 0 Å². The van der Waals surface area contributed by atoms with Crippen LogP contribution in [0.5, 0.6) is 5.75 Å². The third kappa shape index (κ3) is 5.43. The van der Waals surface area contributed by atoms with Crippen molar-refractivity contribution >= 4 is 5.97 Å². The molecule has 47 heavy (non-hydrogen) atoms. The molecule has 2 aromatic heterocycles. The Kier molecular flexibility index (Phi) is 7.02. The van der Waals surface area contributed by atoms with Crippen molar-refractivity contribution in [1.82, 2.24) is 14.8 Å². The zero-order chi connectivity index (χ0) is 33.7. The van der Waals surface area contributed by atoms with Crippen molar-refractivity contribution in [3.05, 3.63) is 58.6 Å². The molecule has 5 aliphatic carbocycles. The zero-order valence-corrected chi connectivity index (χ0v) is 25.8. The molecule has 0 amide bonds. The second-order valence-corrected chi connectivity index (χ2v) is 13.8. The lowest BCUT2D eigenvalue weighted by atomic mass is 9.41. The molecule has 0 spiro atoms. The molecule has 254 valence electrons. The summed E-state index contributed by atoms with van der Waals surface area (Å²) in [4.78, 5) is 15.8. The minimum atomic E-state index is -4.71. The minimum absolute atomic E-state index is 0.0458. The number of ether oxygens (including phenoxy) is 4. The molecule has 2 bridgehead atoms. The number of alkyl halides is 6. The Bertz CT molecular complexity index is 1680. The number of carboxylic acid groups (broad SMARTS) is 1. The second kappa shape index (κ2) is 10.4. The number of allylic oxidation sites excluding steroid dienone is 3. The van der Waals surface area contributed by atoms with Crippen LogP contribution >= 0.6 is 0 Å². The number of nitrogens with zero attached hydrogens (tertiary/aromatic N) is 3. The van der Waals surface area contributed by atoms with Gasteiger partial charge in [0.05, 0.1) is 40.9 Å². The van der Waals surface area contributed by atoms with Gasteiger partial charge in [-0.3, -0.25) is 9.78 Å². The average molecular weight is 670 g/mol. The van der Waals surface area contributed by atoms with E-state index in [0.29, 0.717) is 32.1 Å². The van der Waals surface area contributed by atoms with Gasteiger partial charge in [-0.15, -0.1) is 8.78 Å². The number of aliphatic carboxylic acids is 1. The van der Waals surface area contributed by atoms with Crippen LogP contribution in [0, 0.1) is 11.3 Å². The largest absolute Gasteiger partial charge is 0.585 e. The van der Waals surface area contributed by atoms with E-state index in [1.807, 2.05) is 0 Å². The van der Waals surface area contributed by atoms with Crippen LogP contribution in [0.25, 0.3) is 5.69 Å². The van der Waals surface area contributed by atoms with Crippen molar-refractivity contribution < 1.29 is 55.2 Å². The number of halogens is 6. The van der Waals surface area contributed by atoms with E-state index >= 15 is 4.39 Å². The number of carbonyl (C=O) groups is 1. The first-order valence-corrected chi connectivity index (χ1v) is 15.5. The van der Waals surface area contributed by atoms with E-state index in [0.717, 1.165) is 0 Å². The van der Waals surface area contributed by atoms with Gasteiger partial charge >= 0.3 is 18.4 Å². The van der Waals surface area contributed by atoms with Gasteiger partial charge in [0.25, 0.3) is 0 Å². The number of hydrogen-bond acceptors (Lipinski definition) is 7. The van der Waals surface area contributed by atoms with E-state index in [4.69, 9.17) is 9.47 Å². The summed E-state index contributed by atoms with van der Waals surface area (Å²) in [6.07, 6.45) is -3.93. The summed E-state index contributed by atoms with van der Waals surface area (Å²) in [6.45, 7) is 4.74. The molecule has 0 radical (unpaired) electrons. The van der Waals surface area contributed by atoms with Gasteiger partial charge in [0.1, 0.15) is 17.5 Å². The molecule has 8 rings (SSSR count). The molecule has 6 aliphatic rings. The molecule has 0 aromatic carbocycles. The Labute approximate surface area is 265 Å². The maximum Gasteiger partial charge on any atom is 0.585 e. The van der Waals surface area contributed by atoms with Crippen LogP contribution in [0.4, 0.5) is 26.3 Å². The summed E-state index contributed by atoms with van der Waals surface area (Å²) in [5.41, 5.74) is -3.67.